The molecule has 1 aliphatic rings. The summed E-state index contributed by atoms with van der Waals surface area (Å²) < 4.78 is 0. The first kappa shape index (κ1) is 16.7. The number of amides is 1. The molecule has 1 N–H and O–H groups in total. The van der Waals surface area contributed by atoms with Crippen LogP contribution in [-0.2, 0) is 6.54 Å². The van der Waals surface area contributed by atoms with E-state index in [1.807, 2.05) is 29.2 Å². The highest BCUT2D eigenvalue weighted by Gasteiger charge is 2.21. The van der Waals surface area contributed by atoms with Crippen molar-refractivity contribution in [3.8, 4) is 0 Å². The van der Waals surface area contributed by atoms with Gasteiger partial charge in [0.2, 0.25) is 5.95 Å². The molecule has 6 nitrogen and oxygen atoms in total. The summed E-state index contributed by atoms with van der Waals surface area (Å²) in [6.07, 6.45) is 1.61. The summed E-state index contributed by atoms with van der Waals surface area (Å²) in [5, 5.41) is 3.84. The largest absolute Gasteiger partial charge is 0.350 e. The Morgan fingerprint density at radius 3 is 2.58 bits per heavy atom. The van der Waals surface area contributed by atoms with Crippen LogP contribution in [0.15, 0.2) is 36.5 Å². The molecule has 0 bridgehead atoms. The van der Waals surface area contributed by atoms with Crippen molar-refractivity contribution >= 4 is 23.5 Å². The molecule has 0 saturated carbocycles. The van der Waals surface area contributed by atoms with Gasteiger partial charge in [0, 0.05) is 43.9 Å². The van der Waals surface area contributed by atoms with Crippen LogP contribution in [0.2, 0.25) is 5.02 Å². The zero-order valence-corrected chi connectivity index (χ0v) is 14.3. The molecule has 1 aromatic heterocycles. The van der Waals surface area contributed by atoms with Gasteiger partial charge in [-0.1, -0.05) is 23.7 Å². The van der Waals surface area contributed by atoms with Crippen LogP contribution in [0.3, 0.4) is 0 Å². The van der Waals surface area contributed by atoms with Crippen LogP contribution in [0.5, 0.6) is 0 Å². The van der Waals surface area contributed by atoms with E-state index in [1.165, 1.54) is 0 Å². The molecule has 0 spiro atoms. The minimum Gasteiger partial charge on any atom is -0.350 e. The predicted octanol–water partition coefficient (Wildman–Crippen LogP) is 2.13. The highest BCUT2D eigenvalue weighted by molar-refractivity contribution is 6.30. The highest BCUT2D eigenvalue weighted by atomic mass is 35.5. The number of halogens is 1. The zero-order valence-electron chi connectivity index (χ0n) is 13.6. The van der Waals surface area contributed by atoms with Crippen LogP contribution in [0.1, 0.15) is 16.1 Å². The number of carbonyl (C=O) groups excluding carboxylic acids is 1. The lowest BCUT2D eigenvalue weighted by atomic mass is 10.2. The fourth-order valence-electron chi connectivity index (χ4n) is 2.52. The second-order valence-corrected chi connectivity index (χ2v) is 6.28. The summed E-state index contributed by atoms with van der Waals surface area (Å²) in [5.74, 6) is 0.407. The van der Waals surface area contributed by atoms with Crippen molar-refractivity contribution in [1.82, 2.24) is 19.8 Å². The molecule has 2 aromatic rings. The number of benzene rings is 1. The summed E-state index contributed by atoms with van der Waals surface area (Å²) in [6.45, 7) is 3.81. The maximum atomic E-state index is 12.5. The number of carbonyl (C=O) groups is 1. The van der Waals surface area contributed by atoms with E-state index in [2.05, 4.69) is 27.2 Å². The molecule has 0 aliphatic carbocycles. The fourth-order valence-corrected chi connectivity index (χ4v) is 2.64. The molecular weight excluding hydrogens is 326 g/mol. The van der Waals surface area contributed by atoms with E-state index in [4.69, 9.17) is 11.6 Å². The number of rotatable bonds is 4. The van der Waals surface area contributed by atoms with E-state index in [-0.39, 0.29) is 5.91 Å². The Balaban J connectivity index is 1.63. The van der Waals surface area contributed by atoms with Gasteiger partial charge in [0.15, 0.2) is 0 Å². The average molecular weight is 346 g/mol. The number of nitrogens with zero attached hydrogens (tertiary/aromatic N) is 4. The molecule has 24 heavy (non-hydrogen) atoms. The molecule has 1 fully saturated rings. The quantitative estimate of drug-likeness (QED) is 0.919. The number of aromatic nitrogens is 2. The van der Waals surface area contributed by atoms with Crippen LogP contribution >= 0.6 is 11.6 Å². The van der Waals surface area contributed by atoms with Crippen molar-refractivity contribution in [2.75, 3.05) is 38.5 Å². The smallest absolute Gasteiger partial charge is 0.272 e. The number of hydrogen-bond donors (Lipinski definition) is 1. The van der Waals surface area contributed by atoms with Crippen LogP contribution in [-0.4, -0.2) is 58.9 Å². The van der Waals surface area contributed by atoms with Crippen LogP contribution in [0, 0.1) is 0 Å². The molecule has 2 heterocycles. The van der Waals surface area contributed by atoms with Crippen molar-refractivity contribution < 1.29 is 4.79 Å². The van der Waals surface area contributed by atoms with E-state index < -0.39 is 0 Å². The van der Waals surface area contributed by atoms with E-state index in [9.17, 15) is 4.79 Å². The van der Waals surface area contributed by atoms with E-state index in [0.29, 0.717) is 23.2 Å². The first-order valence-corrected chi connectivity index (χ1v) is 8.29. The van der Waals surface area contributed by atoms with Gasteiger partial charge >= 0.3 is 0 Å². The average Bonchev–Trinajstić information content (AvgIpc) is 2.61. The maximum absolute atomic E-state index is 12.5. The lowest BCUT2D eigenvalue weighted by Gasteiger charge is -2.32. The summed E-state index contributed by atoms with van der Waals surface area (Å²) >= 11 is 5.88. The van der Waals surface area contributed by atoms with E-state index in [1.54, 1.807) is 12.3 Å². The minimum atomic E-state index is -0.0416. The lowest BCUT2D eigenvalue weighted by molar-refractivity contribution is 0.0658. The molecule has 0 radical (unpaired) electrons. The van der Waals surface area contributed by atoms with Gasteiger partial charge in [-0.25, -0.2) is 9.97 Å². The molecule has 3 rings (SSSR count). The van der Waals surface area contributed by atoms with E-state index in [0.717, 1.165) is 31.7 Å². The van der Waals surface area contributed by atoms with Gasteiger partial charge in [0.1, 0.15) is 5.69 Å². The zero-order chi connectivity index (χ0) is 16.9. The lowest BCUT2D eigenvalue weighted by Crippen LogP contribution is -2.47. The molecular formula is C17H20ClN5O. The topological polar surface area (TPSA) is 61.4 Å². The Morgan fingerprint density at radius 1 is 1.17 bits per heavy atom. The Kier molecular flexibility index (Phi) is 5.27. The van der Waals surface area contributed by atoms with Crippen molar-refractivity contribution in [3.63, 3.8) is 0 Å². The molecule has 1 amide bonds. The summed E-state index contributed by atoms with van der Waals surface area (Å²) in [7, 11) is 2.06. The summed E-state index contributed by atoms with van der Waals surface area (Å²) in [4.78, 5) is 25.1. The van der Waals surface area contributed by atoms with Gasteiger partial charge < -0.3 is 15.1 Å². The van der Waals surface area contributed by atoms with Gasteiger partial charge in [0.05, 0.1) is 0 Å². The molecule has 0 atom stereocenters. The van der Waals surface area contributed by atoms with Crippen LogP contribution in [0.4, 0.5) is 5.95 Å². The third kappa shape index (κ3) is 4.21. The molecule has 1 aromatic carbocycles. The SMILES string of the molecule is CN1CCN(C(=O)c2ccnc(NCc3ccc(Cl)cc3)n2)CC1. The standard InChI is InChI=1S/C17H20ClN5O/c1-22-8-10-23(11-9-22)16(24)15-6-7-19-17(21-15)20-12-13-2-4-14(18)5-3-13/h2-7H,8-12H2,1H3,(H,19,20,21). The van der Waals surface area contributed by atoms with Crippen molar-refractivity contribution in [2.24, 2.45) is 0 Å². The van der Waals surface area contributed by atoms with Crippen molar-refractivity contribution in [1.29, 1.82) is 0 Å². The maximum Gasteiger partial charge on any atom is 0.272 e. The normalized spacial score (nSPS) is 15.3. The van der Waals surface area contributed by atoms with Crippen molar-refractivity contribution in [2.45, 2.75) is 6.54 Å². The van der Waals surface area contributed by atoms with Gasteiger partial charge in [-0.05, 0) is 30.8 Å². The molecule has 1 aliphatic heterocycles. The monoisotopic (exact) mass is 345 g/mol. The Labute approximate surface area is 146 Å². The first-order chi connectivity index (χ1) is 11.6. The second kappa shape index (κ2) is 7.59. The van der Waals surface area contributed by atoms with E-state index >= 15 is 0 Å². The molecule has 126 valence electrons. The van der Waals surface area contributed by atoms with Crippen LogP contribution < -0.4 is 5.32 Å². The van der Waals surface area contributed by atoms with Gasteiger partial charge in [-0.2, -0.15) is 0 Å². The predicted molar refractivity (Wildman–Crippen MR) is 94.2 cm³/mol. The number of piperazine rings is 1. The number of nitrogens with one attached hydrogen (secondary N) is 1. The highest BCUT2D eigenvalue weighted by Crippen LogP contribution is 2.11. The molecule has 0 unspecified atom stereocenters. The van der Waals surface area contributed by atoms with Crippen molar-refractivity contribution in [3.05, 3.63) is 52.8 Å². The fraction of sp³-hybridized carbons (Fsp3) is 0.353. The number of hydrogen-bond acceptors (Lipinski definition) is 5. The third-order valence-electron chi connectivity index (χ3n) is 4.03. The summed E-state index contributed by atoms with van der Waals surface area (Å²) in [5.41, 5.74) is 1.49. The first-order valence-electron chi connectivity index (χ1n) is 7.91. The minimum absolute atomic E-state index is 0.0416. The van der Waals surface area contributed by atoms with Gasteiger partial charge in [0.25, 0.3) is 5.91 Å². The Hall–Kier alpha value is -2.18. The number of likely N-dealkylation sites (N-methyl/N-ethyl adjacent to an activating group) is 1. The van der Waals surface area contributed by atoms with Gasteiger partial charge in [-0.3, -0.25) is 4.79 Å². The van der Waals surface area contributed by atoms with Crippen LogP contribution in [0.25, 0.3) is 0 Å². The molecule has 1 saturated heterocycles. The third-order valence-corrected chi connectivity index (χ3v) is 4.28. The number of anilines is 1. The summed E-state index contributed by atoms with van der Waals surface area (Å²) in [6, 6.07) is 9.22. The second-order valence-electron chi connectivity index (χ2n) is 5.84. The Morgan fingerprint density at radius 2 is 1.88 bits per heavy atom. The van der Waals surface area contributed by atoms with Gasteiger partial charge in [-0.15, -0.1) is 0 Å². The molecule has 7 heteroatoms. The Bertz CT molecular complexity index is 698.